The third-order valence-electron chi connectivity index (χ3n) is 7.31. The number of fused-ring (bicyclic) bond motifs is 1. The minimum absolute atomic E-state index is 0.0554. The molecule has 0 saturated carbocycles. The second kappa shape index (κ2) is 11.4. The molecule has 4 heteroatoms. The molecule has 0 aliphatic carbocycles. The van der Waals surface area contributed by atoms with Crippen molar-refractivity contribution < 1.29 is 4.79 Å². The first-order chi connectivity index (χ1) is 18.1. The zero-order valence-corrected chi connectivity index (χ0v) is 21.7. The van der Waals surface area contributed by atoms with Gasteiger partial charge in [0.05, 0.1) is 12.5 Å². The number of amides is 1. The highest BCUT2D eigenvalue weighted by Crippen LogP contribution is 2.29. The van der Waals surface area contributed by atoms with Crippen molar-refractivity contribution in [1.82, 2.24) is 10.2 Å². The lowest BCUT2D eigenvalue weighted by atomic mass is 9.96. The quantitative estimate of drug-likeness (QED) is 0.336. The number of nitrogens with zero attached hydrogens (tertiary/aromatic N) is 2. The van der Waals surface area contributed by atoms with E-state index in [9.17, 15) is 4.79 Å². The fourth-order valence-corrected chi connectivity index (χ4v) is 5.14. The minimum atomic E-state index is 0.0554. The molecule has 1 unspecified atom stereocenters. The molecule has 0 spiro atoms. The Morgan fingerprint density at radius 1 is 0.811 bits per heavy atom. The Balaban J connectivity index is 1.27. The molecule has 1 aliphatic heterocycles. The molecule has 1 aliphatic rings. The molecule has 0 radical (unpaired) electrons. The molecule has 1 atom stereocenters. The molecule has 5 rings (SSSR count). The fraction of sp³-hybridized carbons (Fsp3) is 0.242. The Hall–Kier alpha value is -3.89. The number of nitrogens with one attached hydrogen (secondary N) is 1. The van der Waals surface area contributed by atoms with Crippen molar-refractivity contribution in [3.63, 3.8) is 0 Å². The molecule has 188 valence electrons. The van der Waals surface area contributed by atoms with Crippen LogP contribution in [0.2, 0.25) is 0 Å². The van der Waals surface area contributed by atoms with E-state index >= 15 is 0 Å². The molecule has 1 heterocycles. The molecule has 0 fully saturated rings. The first-order valence-electron chi connectivity index (χ1n) is 13.1. The maximum absolute atomic E-state index is 13.0. The summed E-state index contributed by atoms with van der Waals surface area (Å²) < 4.78 is 0. The average molecular weight is 490 g/mol. The summed E-state index contributed by atoms with van der Waals surface area (Å²) in [5, 5.41) is 3.24. The first kappa shape index (κ1) is 24.8. The zero-order valence-electron chi connectivity index (χ0n) is 21.7. The monoisotopic (exact) mass is 489 g/mol. The van der Waals surface area contributed by atoms with Gasteiger partial charge in [-0.25, -0.2) is 0 Å². The molecular formula is C33H35N3O. The summed E-state index contributed by atoms with van der Waals surface area (Å²) in [6, 6.07) is 36.2. The molecular weight excluding hydrogens is 454 g/mol. The molecule has 4 aromatic rings. The van der Waals surface area contributed by atoms with Gasteiger partial charge in [0.25, 0.3) is 0 Å². The van der Waals surface area contributed by atoms with E-state index in [4.69, 9.17) is 0 Å². The van der Waals surface area contributed by atoms with Crippen molar-refractivity contribution in [3.8, 4) is 11.1 Å². The molecule has 4 nitrogen and oxygen atoms in total. The van der Waals surface area contributed by atoms with Crippen LogP contribution in [0.25, 0.3) is 11.1 Å². The van der Waals surface area contributed by atoms with Gasteiger partial charge in [0.15, 0.2) is 0 Å². The number of benzene rings is 4. The summed E-state index contributed by atoms with van der Waals surface area (Å²) in [6.45, 7) is 2.46. The summed E-state index contributed by atoms with van der Waals surface area (Å²) >= 11 is 0. The van der Waals surface area contributed by atoms with Crippen LogP contribution in [0.4, 0.5) is 5.69 Å². The van der Waals surface area contributed by atoms with Crippen LogP contribution in [0.3, 0.4) is 0 Å². The van der Waals surface area contributed by atoms with Crippen LogP contribution in [0.5, 0.6) is 0 Å². The van der Waals surface area contributed by atoms with Gasteiger partial charge >= 0.3 is 0 Å². The van der Waals surface area contributed by atoms with Gasteiger partial charge in [0, 0.05) is 39.4 Å². The Labute approximate surface area is 220 Å². The van der Waals surface area contributed by atoms with E-state index in [1.165, 1.54) is 27.9 Å². The van der Waals surface area contributed by atoms with Crippen molar-refractivity contribution in [2.24, 2.45) is 0 Å². The van der Waals surface area contributed by atoms with Gasteiger partial charge in [-0.3, -0.25) is 9.69 Å². The normalized spacial score (nSPS) is 14.0. The van der Waals surface area contributed by atoms with Gasteiger partial charge in [0.1, 0.15) is 0 Å². The van der Waals surface area contributed by atoms with Crippen LogP contribution in [-0.4, -0.2) is 38.0 Å². The third-order valence-corrected chi connectivity index (χ3v) is 7.31. The molecule has 0 saturated heterocycles. The first-order valence-corrected chi connectivity index (χ1v) is 13.1. The lowest BCUT2D eigenvalue weighted by Gasteiger charge is -2.36. The van der Waals surface area contributed by atoms with Crippen molar-refractivity contribution in [3.05, 3.63) is 125 Å². The van der Waals surface area contributed by atoms with Crippen molar-refractivity contribution in [2.75, 3.05) is 32.1 Å². The largest absolute Gasteiger partial charge is 0.378 e. The van der Waals surface area contributed by atoms with E-state index in [-0.39, 0.29) is 11.9 Å². The molecule has 0 bridgehead atoms. The van der Waals surface area contributed by atoms with E-state index in [0.717, 1.165) is 30.6 Å². The smallest absolute Gasteiger partial charge is 0.224 e. The van der Waals surface area contributed by atoms with Gasteiger partial charge in [-0.15, -0.1) is 0 Å². The maximum atomic E-state index is 13.0. The molecule has 37 heavy (non-hydrogen) atoms. The summed E-state index contributed by atoms with van der Waals surface area (Å²) in [6.07, 6.45) is 1.41. The maximum Gasteiger partial charge on any atom is 0.224 e. The number of hydrogen-bond donors (Lipinski definition) is 1. The number of rotatable bonds is 8. The fourth-order valence-electron chi connectivity index (χ4n) is 5.14. The van der Waals surface area contributed by atoms with E-state index in [1.54, 1.807) is 0 Å². The zero-order chi connectivity index (χ0) is 25.6. The van der Waals surface area contributed by atoms with Crippen molar-refractivity contribution in [1.29, 1.82) is 0 Å². The highest BCUT2D eigenvalue weighted by Gasteiger charge is 2.25. The Morgan fingerprint density at radius 2 is 1.46 bits per heavy atom. The molecule has 4 aromatic carbocycles. The van der Waals surface area contributed by atoms with Crippen LogP contribution in [-0.2, 0) is 24.2 Å². The van der Waals surface area contributed by atoms with Crippen LogP contribution in [0, 0.1) is 0 Å². The summed E-state index contributed by atoms with van der Waals surface area (Å²) in [4.78, 5) is 17.6. The van der Waals surface area contributed by atoms with Crippen LogP contribution >= 0.6 is 0 Å². The van der Waals surface area contributed by atoms with Crippen molar-refractivity contribution in [2.45, 2.75) is 25.4 Å². The molecule has 1 amide bonds. The number of carbonyl (C=O) groups is 1. The van der Waals surface area contributed by atoms with E-state index in [0.29, 0.717) is 13.0 Å². The van der Waals surface area contributed by atoms with Gasteiger partial charge in [0.2, 0.25) is 5.91 Å². The summed E-state index contributed by atoms with van der Waals surface area (Å²) in [7, 11) is 4.11. The number of anilines is 1. The highest BCUT2D eigenvalue weighted by atomic mass is 16.1. The number of hydrogen-bond acceptors (Lipinski definition) is 3. The SMILES string of the molecule is CN(C)c1ccc(C(CNC(=O)Cc2ccc(-c3ccccc3)cc2)N2CCc3ccccc3C2)cc1. The standard InChI is InChI=1S/C33H35N3O/c1-35(2)31-18-16-29(17-19-31)32(36-21-20-27-10-6-7-11-30(27)24-36)23-34-33(37)22-25-12-14-28(15-13-25)26-8-4-3-5-9-26/h3-19,32H,20-24H2,1-2H3,(H,34,37). The lowest BCUT2D eigenvalue weighted by Crippen LogP contribution is -2.41. The van der Waals surface area contributed by atoms with Gasteiger partial charge < -0.3 is 10.2 Å². The minimum Gasteiger partial charge on any atom is -0.378 e. The average Bonchev–Trinajstić information content (AvgIpc) is 2.94. The third kappa shape index (κ3) is 6.10. The Kier molecular flexibility index (Phi) is 7.67. The number of carbonyl (C=O) groups excluding carboxylic acids is 1. The van der Waals surface area contributed by atoms with E-state index in [1.807, 2.05) is 18.2 Å². The topological polar surface area (TPSA) is 35.6 Å². The molecule has 1 N–H and O–H groups in total. The van der Waals surface area contributed by atoms with Crippen LogP contribution in [0.15, 0.2) is 103 Å². The van der Waals surface area contributed by atoms with Crippen LogP contribution in [0.1, 0.15) is 28.3 Å². The Morgan fingerprint density at radius 3 is 2.16 bits per heavy atom. The summed E-state index contributed by atoms with van der Waals surface area (Å²) in [5.74, 6) is 0.0554. The second-order valence-electron chi connectivity index (χ2n) is 10.0. The van der Waals surface area contributed by atoms with Crippen molar-refractivity contribution >= 4 is 11.6 Å². The van der Waals surface area contributed by atoms with Gasteiger partial charge in [-0.05, 0) is 51.9 Å². The van der Waals surface area contributed by atoms with E-state index in [2.05, 4.69) is 114 Å². The van der Waals surface area contributed by atoms with Crippen LogP contribution < -0.4 is 10.2 Å². The predicted molar refractivity (Wildman–Crippen MR) is 153 cm³/mol. The predicted octanol–water partition coefficient (Wildman–Crippen LogP) is 5.88. The lowest BCUT2D eigenvalue weighted by molar-refractivity contribution is -0.120. The molecule has 0 aromatic heterocycles. The van der Waals surface area contributed by atoms with E-state index < -0.39 is 0 Å². The Bertz CT molecular complexity index is 1310. The highest BCUT2D eigenvalue weighted by molar-refractivity contribution is 5.79. The summed E-state index contributed by atoms with van der Waals surface area (Å²) in [5.41, 5.74) is 8.60. The second-order valence-corrected chi connectivity index (χ2v) is 10.0. The van der Waals surface area contributed by atoms with Gasteiger partial charge in [-0.1, -0.05) is 91.0 Å². The van der Waals surface area contributed by atoms with Gasteiger partial charge in [-0.2, -0.15) is 0 Å².